The van der Waals surface area contributed by atoms with Crippen LogP contribution in [0.5, 0.6) is 0 Å². The molecule has 4 aliphatic carbocycles. The van der Waals surface area contributed by atoms with E-state index in [-0.39, 0.29) is 7.35 Å². The van der Waals surface area contributed by atoms with Gasteiger partial charge >= 0.3 is 228 Å². The van der Waals surface area contributed by atoms with E-state index in [0.29, 0.717) is 0 Å². The first kappa shape index (κ1) is 25.4. The third-order valence-corrected chi connectivity index (χ3v) is 82.2. The fourth-order valence-corrected chi connectivity index (χ4v) is 52.2. The molecule has 0 saturated heterocycles. The first-order valence-electron chi connectivity index (χ1n) is 13.9. The van der Waals surface area contributed by atoms with Crippen molar-refractivity contribution >= 4 is 34.3 Å². The molecule has 0 fully saturated rings. The Morgan fingerprint density at radius 1 is 0.611 bits per heavy atom. The van der Waals surface area contributed by atoms with Crippen molar-refractivity contribution in [1.29, 1.82) is 0 Å². The first-order valence-corrected chi connectivity index (χ1v) is 36.1. The molecule has 4 aliphatic rings. The van der Waals surface area contributed by atoms with Crippen molar-refractivity contribution in [2.45, 2.75) is 71.8 Å². The van der Waals surface area contributed by atoms with Crippen LogP contribution in [0.15, 0.2) is 95.1 Å². The van der Waals surface area contributed by atoms with Gasteiger partial charge in [-0.15, -0.1) is 0 Å². The Balaban J connectivity index is 1.60. The second-order valence-electron chi connectivity index (χ2n) is 11.7. The monoisotopic (exact) mass is 699 g/mol. The van der Waals surface area contributed by atoms with E-state index in [1.807, 2.05) is 0 Å². The minimum atomic E-state index is -4.76. The average Bonchev–Trinajstić information content (AvgIpc) is 3.50. The van der Waals surface area contributed by atoms with Gasteiger partial charge in [-0.2, -0.15) is 0 Å². The summed E-state index contributed by atoms with van der Waals surface area (Å²) in [6.07, 6.45) is 14.9. The van der Waals surface area contributed by atoms with Crippen molar-refractivity contribution in [3.63, 3.8) is 0 Å². The standard InChI is InChI=1S/2C15H15.C2H7Si.2ClH.Hf/c2*1-2-6-12(7-3-1)15-10-13-8-4-5-9-14(13)11-15;1-3-2;;;/h2*1-3,6-7,10-11H,4-5,8-9H2;3H,1-2H3;2*1H;/q;;;;;+2/p-2. The van der Waals surface area contributed by atoms with Gasteiger partial charge in [-0.3, -0.25) is 0 Å². The molecule has 0 aromatic heterocycles. The van der Waals surface area contributed by atoms with Gasteiger partial charge in [-0.05, 0) is 0 Å². The third-order valence-electron chi connectivity index (χ3n) is 9.51. The number of halogens is 2. The molecule has 0 amide bonds. The molecule has 0 saturated carbocycles. The van der Waals surface area contributed by atoms with Gasteiger partial charge < -0.3 is 0 Å². The van der Waals surface area contributed by atoms with E-state index >= 15 is 0 Å². The summed E-state index contributed by atoms with van der Waals surface area (Å²) in [4.78, 5) is 0. The van der Waals surface area contributed by atoms with Crippen LogP contribution in [-0.4, -0.2) is 5.98 Å². The number of allylic oxidation sites excluding steroid dienone is 8. The van der Waals surface area contributed by atoms with Crippen molar-refractivity contribution < 1.29 is 15.3 Å². The van der Waals surface area contributed by atoms with E-state index in [1.54, 1.807) is 22.3 Å². The average molecular weight is 699 g/mol. The maximum atomic E-state index is 8.57. The summed E-state index contributed by atoms with van der Waals surface area (Å²) in [5.41, 5.74) is 11.9. The van der Waals surface area contributed by atoms with Crippen molar-refractivity contribution in [2.24, 2.45) is 0 Å². The summed E-state index contributed by atoms with van der Waals surface area (Å²) in [5.74, 6) is -1.48. The Hall–Kier alpha value is -0.933. The normalized spacial score (nSPS) is 25.3. The van der Waals surface area contributed by atoms with Crippen molar-refractivity contribution in [1.82, 2.24) is 0 Å². The zero-order valence-electron chi connectivity index (χ0n) is 21.6. The number of benzene rings is 2. The Morgan fingerprint density at radius 3 is 1.39 bits per heavy atom. The fraction of sp³-hybridized carbons (Fsp3) is 0.375. The van der Waals surface area contributed by atoms with Crippen LogP contribution < -0.4 is 0 Å². The first-order chi connectivity index (χ1) is 17.4. The SMILES string of the molecule is C[SiH](C)[Hf]([Cl])([Cl])([CH]1C(c2ccccc2)=CC2=C1CCCC2)[CH]1C(c2ccccc2)=CC2=C1CCCC2. The molecule has 0 nitrogen and oxygen atoms in total. The molecule has 0 heterocycles. The zero-order valence-corrected chi connectivity index (χ0v) is 27.8. The number of rotatable bonds is 5. The summed E-state index contributed by atoms with van der Waals surface area (Å²) in [6, 6.07) is 22.1. The van der Waals surface area contributed by atoms with Gasteiger partial charge in [-0.1, -0.05) is 0 Å². The van der Waals surface area contributed by atoms with Crippen LogP contribution >= 0.6 is 17.2 Å². The van der Waals surface area contributed by atoms with E-state index in [9.17, 15) is 0 Å². The molecule has 2 aromatic carbocycles. The van der Waals surface area contributed by atoms with Crippen molar-refractivity contribution in [3.8, 4) is 0 Å². The van der Waals surface area contributed by atoms with E-state index in [0.717, 1.165) is 0 Å². The molecular weight excluding hydrogens is 662 g/mol. The minimum absolute atomic E-state index is 0.251. The molecule has 0 radical (unpaired) electrons. The summed E-state index contributed by atoms with van der Waals surface area (Å²) in [5, 5.41) is 0. The summed E-state index contributed by atoms with van der Waals surface area (Å²) in [7, 11) is 17.1. The van der Waals surface area contributed by atoms with Gasteiger partial charge in [0.05, 0.1) is 0 Å². The van der Waals surface area contributed by atoms with Gasteiger partial charge in [0.2, 0.25) is 0 Å². The van der Waals surface area contributed by atoms with Crippen LogP contribution in [0.25, 0.3) is 11.1 Å². The summed E-state index contributed by atoms with van der Waals surface area (Å²) < 4.78 is 0.501. The second kappa shape index (κ2) is 9.67. The van der Waals surface area contributed by atoms with E-state index in [4.69, 9.17) is 17.2 Å². The fourth-order valence-electron chi connectivity index (χ4n) is 7.67. The van der Waals surface area contributed by atoms with Crippen LogP contribution in [0.4, 0.5) is 0 Å². The van der Waals surface area contributed by atoms with Crippen molar-refractivity contribution in [3.05, 3.63) is 106 Å². The van der Waals surface area contributed by atoms with E-state index in [1.165, 1.54) is 73.6 Å². The predicted octanol–water partition coefficient (Wildman–Crippen LogP) is 10.5. The Labute approximate surface area is 226 Å². The van der Waals surface area contributed by atoms with Crippen LogP contribution in [0.1, 0.15) is 62.5 Å². The Kier molecular flexibility index (Phi) is 6.81. The Bertz CT molecular complexity index is 1200. The quantitative estimate of drug-likeness (QED) is 0.273. The maximum absolute atomic E-state index is 8.57. The molecule has 187 valence electrons. The molecule has 2 aromatic rings. The molecule has 4 heteroatoms. The molecule has 6 rings (SSSR count). The number of hydrogen-bond donors (Lipinski definition) is 0. The van der Waals surface area contributed by atoms with Gasteiger partial charge in [-0.25, -0.2) is 0 Å². The molecule has 36 heavy (non-hydrogen) atoms. The third kappa shape index (κ3) is 3.93. The van der Waals surface area contributed by atoms with Gasteiger partial charge in [0, 0.05) is 0 Å². The van der Waals surface area contributed by atoms with E-state index in [2.05, 4.69) is 85.9 Å². The molecule has 0 bridgehead atoms. The van der Waals surface area contributed by atoms with Gasteiger partial charge in [0.25, 0.3) is 0 Å². The van der Waals surface area contributed by atoms with Crippen LogP contribution in [-0.2, 0) is 15.3 Å². The van der Waals surface area contributed by atoms with Crippen LogP contribution in [0.3, 0.4) is 0 Å². The van der Waals surface area contributed by atoms with Gasteiger partial charge in [0.15, 0.2) is 0 Å². The summed E-state index contributed by atoms with van der Waals surface area (Å²) in [6.45, 7) is 4.98. The molecule has 0 N–H and O–H groups in total. The van der Waals surface area contributed by atoms with Crippen LogP contribution in [0, 0.1) is 0 Å². The molecule has 0 spiro atoms. The molecule has 0 aliphatic heterocycles. The second-order valence-corrected chi connectivity index (χ2v) is 71.0. The Morgan fingerprint density at radius 2 is 1.00 bits per heavy atom. The molecule has 2 atom stereocenters. The van der Waals surface area contributed by atoms with Crippen LogP contribution in [0.2, 0.25) is 20.4 Å². The molecular formula is C32H37Cl2HfSi. The zero-order chi connectivity index (χ0) is 24.9. The predicted molar refractivity (Wildman–Crippen MR) is 158 cm³/mol. The van der Waals surface area contributed by atoms with Crippen molar-refractivity contribution in [2.75, 3.05) is 0 Å². The summed E-state index contributed by atoms with van der Waals surface area (Å²) >= 11 is -4.76. The number of hydrogen-bond acceptors (Lipinski definition) is 0. The molecule has 2 unspecified atom stereocenters. The van der Waals surface area contributed by atoms with Gasteiger partial charge in [0.1, 0.15) is 0 Å². The van der Waals surface area contributed by atoms with E-state index < -0.39 is 21.3 Å². The topological polar surface area (TPSA) is 0 Å².